The number of hydrogen-bond acceptors (Lipinski definition) is 2. The molecule has 0 aromatic heterocycles. The molecule has 3 aliphatic rings. The van der Waals surface area contributed by atoms with Gasteiger partial charge in [-0.25, -0.2) is 0 Å². The summed E-state index contributed by atoms with van der Waals surface area (Å²) < 4.78 is 0. The van der Waals surface area contributed by atoms with Crippen LogP contribution in [0.1, 0.15) is 44.9 Å². The summed E-state index contributed by atoms with van der Waals surface area (Å²) in [6.07, 6.45) is 9.92. The highest BCUT2D eigenvalue weighted by molar-refractivity contribution is 4.91. The molecular weight excluding hydrogens is 184 g/mol. The normalized spacial score (nSPS) is 43.4. The van der Waals surface area contributed by atoms with Crippen LogP contribution in [-0.4, -0.2) is 30.1 Å². The highest BCUT2D eigenvalue weighted by Gasteiger charge is 2.36. The zero-order chi connectivity index (χ0) is 10.3. The number of nitrogens with two attached hydrogens (primary N) is 1. The Balaban J connectivity index is 1.63. The van der Waals surface area contributed by atoms with Crippen molar-refractivity contribution < 1.29 is 0 Å². The lowest BCUT2D eigenvalue weighted by Crippen LogP contribution is -2.50. The van der Waals surface area contributed by atoms with Crippen LogP contribution in [0.25, 0.3) is 0 Å². The fourth-order valence-electron chi connectivity index (χ4n) is 4.22. The van der Waals surface area contributed by atoms with E-state index in [9.17, 15) is 0 Å². The fourth-order valence-corrected chi connectivity index (χ4v) is 4.22. The highest BCUT2D eigenvalue weighted by Crippen LogP contribution is 2.37. The van der Waals surface area contributed by atoms with Crippen molar-refractivity contribution in [3.8, 4) is 0 Å². The molecule has 0 radical (unpaired) electrons. The summed E-state index contributed by atoms with van der Waals surface area (Å²) in [7, 11) is 0. The maximum Gasteiger partial charge on any atom is 0.00954 e. The summed E-state index contributed by atoms with van der Waals surface area (Å²) in [5.74, 6) is 1.85. The summed E-state index contributed by atoms with van der Waals surface area (Å²) in [6.45, 7) is 2.71. The van der Waals surface area contributed by atoms with Crippen LogP contribution in [0.15, 0.2) is 0 Å². The second-order valence-corrected chi connectivity index (χ2v) is 6.09. The van der Waals surface area contributed by atoms with E-state index in [2.05, 4.69) is 4.90 Å². The topological polar surface area (TPSA) is 29.3 Å². The van der Waals surface area contributed by atoms with Crippen LogP contribution in [0.5, 0.6) is 0 Å². The van der Waals surface area contributed by atoms with E-state index in [1.807, 2.05) is 0 Å². The summed E-state index contributed by atoms with van der Waals surface area (Å²) in [5, 5.41) is 0. The van der Waals surface area contributed by atoms with Crippen LogP contribution in [0.4, 0.5) is 0 Å². The Hall–Kier alpha value is -0.0800. The summed E-state index contributed by atoms with van der Waals surface area (Å²) >= 11 is 0. The van der Waals surface area contributed by atoms with Gasteiger partial charge in [-0.3, -0.25) is 4.90 Å². The Bertz CT molecular complexity index is 205. The van der Waals surface area contributed by atoms with E-state index in [4.69, 9.17) is 5.73 Å². The van der Waals surface area contributed by atoms with Crippen LogP contribution < -0.4 is 5.73 Å². The number of rotatable bonds is 1. The SMILES string of the molecule is NC1CC2CC(C1)CN(C1CCCC1)C2. The molecule has 2 bridgehead atoms. The molecule has 3 fully saturated rings. The second-order valence-electron chi connectivity index (χ2n) is 6.09. The van der Waals surface area contributed by atoms with Gasteiger partial charge in [-0.05, 0) is 43.9 Å². The average molecular weight is 208 g/mol. The van der Waals surface area contributed by atoms with Gasteiger partial charge in [0.15, 0.2) is 0 Å². The Morgan fingerprint density at radius 3 is 2.07 bits per heavy atom. The van der Waals surface area contributed by atoms with Gasteiger partial charge in [0, 0.05) is 25.2 Å². The molecule has 86 valence electrons. The summed E-state index contributed by atoms with van der Waals surface area (Å²) in [5.41, 5.74) is 6.11. The minimum Gasteiger partial charge on any atom is -0.328 e. The van der Waals surface area contributed by atoms with Crippen molar-refractivity contribution in [1.82, 2.24) is 4.90 Å². The van der Waals surface area contributed by atoms with Gasteiger partial charge in [0.1, 0.15) is 0 Å². The largest absolute Gasteiger partial charge is 0.328 e. The van der Waals surface area contributed by atoms with Gasteiger partial charge in [-0.1, -0.05) is 12.8 Å². The molecule has 1 aliphatic heterocycles. The Morgan fingerprint density at radius 1 is 0.867 bits per heavy atom. The van der Waals surface area contributed by atoms with E-state index in [0.29, 0.717) is 6.04 Å². The van der Waals surface area contributed by atoms with Gasteiger partial charge < -0.3 is 5.73 Å². The van der Waals surface area contributed by atoms with E-state index in [1.165, 1.54) is 58.0 Å². The molecular formula is C13H24N2. The van der Waals surface area contributed by atoms with Crippen molar-refractivity contribution in [2.45, 2.75) is 57.0 Å². The average Bonchev–Trinajstić information content (AvgIpc) is 2.67. The third kappa shape index (κ3) is 2.07. The fraction of sp³-hybridized carbons (Fsp3) is 1.00. The molecule has 0 amide bonds. The van der Waals surface area contributed by atoms with Gasteiger partial charge in [0.2, 0.25) is 0 Å². The van der Waals surface area contributed by atoms with Crippen molar-refractivity contribution in [2.75, 3.05) is 13.1 Å². The maximum atomic E-state index is 6.11. The monoisotopic (exact) mass is 208 g/mol. The van der Waals surface area contributed by atoms with E-state index < -0.39 is 0 Å². The van der Waals surface area contributed by atoms with Gasteiger partial charge in [0.05, 0.1) is 0 Å². The van der Waals surface area contributed by atoms with Crippen molar-refractivity contribution in [3.63, 3.8) is 0 Å². The molecule has 3 rings (SSSR count). The lowest BCUT2D eigenvalue weighted by Gasteiger charge is -2.45. The van der Waals surface area contributed by atoms with Gasteiger partial charge in [-0.2, -0.15) is 0 Å². The predicted octanol–water partition coefficient (Wildman–Crippen LogP) is 1.99. The molecule has 0 spiro atoms. The van der Waals surface area contributed by atoms with Crippen molar-refractivity contribution in [3.05, 3.63) is 0 Å². The number of fused-ring (bicyclic) bond motifs is 2. The first-order valence-corrected chi connectivity index (χ1v) is 6.81. The lowest BCUT2D eigenvalue weighted by molar-refractivity contribution is 0.0479. The van der Waals surface area contributed by atoms with Gasteiger partial charge in [0.25, 0.3) is 0 Å². The molecule has 2 saturated carbocycles. The molecule has 2 nitrogen and oxygen atoms in total. The summed E-state index contributed by atoms with van der Waals surface area (Å²) in [6, 6.07) is 1.45. The molecule has 2 N–H and O–H groups in total. The number of likely N-dealkylation sites (tertiary alicyclic amines) is 1. The van der Waals surface area contributed by atoms with Crippen LogP contribution in [-0.2, 0) is 0 Å². The zero-order valence-electron chi connectivity index (χ0n) is 9.70. The van der Waals surface area contributed by atoms with Crippen molar-refractivity contribution in [2.24, 2.45) is 17.6 Å². The maximum absolute atomic E-state index is 6.11. The molecule has 2 atom stereocenters. The van der Waals surface area contributed by atoms with Crippen LogP contribution in [0, 0.1) is 11.8 Å². The van der Waals surface area contributed by atoms with E-state index in [0.717, 1.165) is 17.9 Å². The molecule has 1 saturated heterocycles. The second kappa shape index (κ2) is 4.06. The number of piperidine rings is 1. The highest BCUT2D eigenvalue weighted by atomic mass is 15.2. The quantitative estimate of drug-likeness (QED) is 0.714. The molecule has 0 aromatic carbocycles. The Labute approximate surface area is 93.2 Å². The third-order valence-electron chi connectivity index (χ3n) is 4.77. The molecule has 1 heterocycles. The minimum absolute atomic E-state index is 0.513. The Kier molecular flexibility index (Phi) is 2.73. The van der Waals surface area contributed by atoms with E-state index in [-0.39, 0.29) is 0 Å². The minimum atomic E-state index is 0.513. The van der Waals surface area contributed by atoms with Crippen molar-refractivity contribution in [1.29, 1.82) is 0 Å². The Morgan fingerprint density at radius 2 is 1.47 bits per heavy atom. The first kappa shape index (κ1) is 10.1. The van der Waals surface area contributed by atoms with Crippen LogP contribution in [0.3, 0.4) is 0 Å². The van der Waals surface area contributed by atoms with E-state index >= 15 is 0 Å². The van der Waals surface area contributed by atoms with Gasteiger partial charge in [-0.15, -0.1) is 0 Å². The lowest BCUT2D eigenvalue weighted by atomic mass is 9.75. The number of nitrogens with zero attached hydrogens (tertiary/aromatic N) is 1. The molecule has 2 aliphatic carbocycles. The molecule has 0 aromatic rings. The molecule has 2 heteroatoms. The van der Waals surface area contributed by atoms with Crippen LogP contribution in [0.2, 0.25) is 0 Å². The summed E-state index contributed by atoms with van der Waals surface area (Å²) in [4.78, 5) is 2.80. The molecule has 2 unspecified atom stereocenters. The predicted molar refractivity (Wildman–Crippen MR) is 62.6 cm³/mol. The smallest absolute Gasteiger partial charge is 0.00954 e. The first-order chi connectivity index (χ1) is 7.31. The third-order valence-corrected chi connectivity index (χ3v) is 4.77. The van der Waals surface area contributed by atoms with Crippen molar-refractivity contribution >= 4 is 0 Å². The standard InChI is InChI=1S/C13H24N2/c14-12-6-10-5-11(7-12)9-15(8-10)13-3-1-2-4-13/h10-13H,1-9,14H2. The van der Waals surface area contributed by atoms with Crippen LogP contribution >= 0.6 is 0 Å². The first-order valence-electron chi connectivity index (χ1n) is 6.81. The van der Waals surface area contributed by atoms with Gasteiger partial charge >= 0.3 is 0 Å². The van der Waals surface area contributed by atoms with E-state index in [1.54, 1.807) is 0 Å². The zero-order valence-corrected chi connectivity index (χ0v) is 9.70. The number of hydrogen-bond donors (Lipinski definition) is 1. The molecule has 15 heavy (non-hydrogen) atoms.